The topological polar surface area (TPSA) is 29.5 Å². The summed E-state index contributed by atoms with van der Waals surface area (Å²) >= 11 is 0. The van der Waals surface area contributed by atoms with Crippen molar-refractivity contribution in [3.05, 3.63) is 0 Å². The van der Waals surface area contributed by atoms with Crippen molar-refractivity contribution in [2.45, 2.75) is 32.4 Å². The minimum Gasteiger partial charge on any atom is -0.459 e. The van der Waals surface area contributed by atoms with Crippen LogP contribution in [-0.4, -0.2) is 49.2 Å². The van der Waals surface area contributed by atoms with Gasteiger partial charge in [0.25, 0.3) is 0 Å². The minimum atomic E-state index is -5.70. The van der Waals surface area contributed by atoms with Gasteiger partial charge in [0.1, 0.15) is 0 Å². The second-order valence-corrected chi connectivity index (χ2v) is 3.64. The molecule has 3 nitrogen and oxygen atoms in total. The number of nitrogens with zero attached hydrogens (tertiary/aromatic N) is 1. The van der Waals surface area contributed by atoms with Gasteiger partial charge in [-0.3, -0.25) is 4.79 Å². The molecule has 0 aliphatic carbocycles. The molecule has 0 saturated carbocycles. The van der Waals surface area contributed by atoms with Gasteiger partial charge in [-0.15, -0.1) is 0 Å². The Morgan fingerprint density at radius 2 is 1.61 bits per heavy atom. The van der Waals surface area contributed by atoms with Crippen LogP contribution in [0.1, 0.15) is 20.3 Å². The molecule has 0 bridgehead atoms. The number of carbonyl (C=O) groups excluding carboxylic acids is 1. The van der Waals surface area contributed by atoms with Gasteiger partial charge in [-0.2, -0.15) is 22.0 Å². The van der Waals surface area contributed by atoms with Gasteiger partial charge in [0.15, 0.2) is 6.61 Å². The average Bonchev–Trinajstić information content (AvgIpc) is 2.26. The molecular weight excluding hydrogens is 261 g/mol. The van der Waals surface area contributed by atoms with Crippen molar-refractivity contribution in [3.63, 3.8) is 0 Å². The van der Waals surface area contributed by atoms with E-state index in [-0.39, 0.29) is 13.0 Å². The van der Waals surface area contributed by atoms with Crippen LogP contribution in [0.2, 0.25) is 0 Å². The first kappa shape index (κ1) is 17.1. The Morgan fingerprint density at radius 3 is 2.00 bits per heavy atom. The van der Waals surface area contributed by atoms with E-state index in [2.05, 4.69) is 4.74 Å². The summed E-state index contributed by atoms with van der Waals surface area (Å²) in [5.74, 6) is -6.07. The van der Waals surface area contributed by atoms with Crippen LogP contribution in [0.5, 0.6) is 0 Å². The van der Waals surface area contributed by atoms with Crippen LogP contribution in [0.3, 0.4) is 0 Å². The van der Waals surface area contributed by atoms with Crippen LogP contribution in [0, 0.1) is 0 Å². The van der Waals surface area contributed by atoms with E-state index in [0.717, 1.165) is 0 Å². The zero-order valence-electron chi connectivity index (χ0n) is 10.2. The highest BCUT2D eigenvalue weighted by Gasteiger charge is 2.58. The van der Waals surface area contributed by atoms with Crippen molar-refractivity contribution in [1.82, 2.24) is 4.90 Å². The number of alkyl halides is 5. The van der Waals surface area contributed by atoms with Crippen LogP contribution in [0.25, 0.3) is 0 Å². The van der Waals surface area contributed by atoms with Crippen LogP contribution in [0.15, 0.2) is 0 Å². The lowest BCUT2D eigenvalue weighted by Gasteiger charge is -2.20. The van der Waals surface area contributed by atoms with Crippen molar-refractivity contribution < 1.29 is 31.5 Å². The molecule has 0 radical (unpaired) electrons. The fraction of sp³-hybridized carbons (Fsp3) is 0.900. The van der Waals surface area contributed by atoms with Crippen LogP contribution in [-0.2, 0) is 9.53 Å². The standard InChI is InChI=1S/C10H16F5NO2/c1-3-16(4-2)6-5-8(17)18-7-9(11,12)10(13,14)15/h3-7H2,1-2H3. The average molecular weight is 277 g/mol. The van der Waals surface area contributed by atoms with E-state index in [0.29, 0.717) is 13.1 Å². The van der Waals surface area contributed by atoms with Gasteiger partial charge in [0.05, 0.1) is 6.42 Å². The predicted octanol–water partition coefficient (Wildman–Crippen LogP) is 2.46. The van der Waals surface area contributed by atoms with E-state index in [9.17, 15) is 26.7 Å². The van der Waals surface area contributed by atoms with Crippen molar-refractivity contribution in [2.24, 2.45) is 0 Å². The van der Waals surface area contributed by atoms with E-state index in [1.165, 1.54) is 0 Å². The molecule has 0 saturated heterocycles. The summed E-state index contributed by atoms with van der Waals surface area (Å²) in [5, 5.41) is 0. The monoisotopic (exact) mass is 277 g/mol. The minimum absolute atomic E-state index is 0.213. The van der Waals surface area contributed by atoms with E-state index in [4.69, 9.17) is 0 Å². The fourth-order valence-electron chi connectivity index (χ4n) is 1.11. The highest BCUT2D eigenvalue weighted by molar-refractivity contribution is 5.69. The van der Waals surface area contributed by atoms with Gasteiger partial charge >= 0.3 is 18.1 Å². The molecule has 0 unspecified atom stereocenters. The normalized spacial score (nSPS) is 12.9. The Balaban J connectivity index is 4.05. The lowest BCUT2D eigenvalue weighted by molar-refractivity contribution is -0.294. The van der Waals surface area contributed by atoms with Gasteiger partial charge < -0.3 is 9.64 Å². The first-order valence-electron chi connectivity index (χ1n) is 5.46. The molecule has 0 heterocycles. The number of esters is 1. The Kier molecular flexibility index (Phi) is 6.51. The molecule has 0 atom stereocenters. The van der Waals surface area contributed by atoms with Gasteiger partial charge in [-0.05, 0) is 13.1 Å². The number of rotatable bonds is 7. The van der Waals surface area contributed by atoms with Crippen LogP contribution >= 0.6 is 0 Å². The fourth-order valence-corrected chi connectivity index (χ4v) is 1.11. The van der Waals surface area contributed by atoms with Crippen LogP contribution < -0.4 is 0 Å². The lowest BCUT2D eigenvalue weighted by atomic mass is 10.3. The highest BCUT2D eigenvalue weighted by atomic mass is 19.4. The first-order chi connectivity index (χ1) is 8.14. The third-order valence-corrected chi connectivity index (χ3v) is 2.36. The van der Waals surface area contributed by atoms with Gasteiger partial charge in [0.2, 0.25) is 0 Å². The smallest absolute Gasteiger partial charge is 0.456 e. The maximum absolute atomic E-state index is 12.4. The maximum Gasteiger partial charge on any atom is 0.456 e. The Labute approximate surface area is 102 Å². The highest BCUT2D eigenvalue weighted by Crippen LogP contribution is 2.35. The first-order valence-corrected chi connectivity index (χ1v) is 5.46. The zero-order valence-corrected chi connectivity index (χ0v) is 10.2. The largest absolute Gasteiger partial charge is 0.459 e. The molecule has 0 aliphatic heterocycles. The summed E-state index contributed by atoms with van der Waals surface area (Å²) in [6.07, 6.45) is -5.91. The summed E-state index contributed by atoms with van der Waals surface area (Å²) in [4.78, 5) is 12.8. The molecule has 0 fully saturated rings. The molecule has 0 aromatic carbocycles. The molecule has 0 amide bonds. The SMILES string of the molecule is CCN(CC)CCC(=O)OCC(F)(F)C(F)(F)F. The number of hydrogen-bond donors (Lipinski definition) is 0. The molecule has 0 spiro atoms. The van der Waals surface area contributed by atoms with Crippen molar-refractivity contribution >= 4 is 5.97 Å². The maximum atomic E-state index is 12.4. The number of hydrogen-bond acceptors (Lipinski definition) is 3. The van der Waals surface area contributed by atoms with E-state index in [1.54, 1.807) is 0 Å². The molecular formula is C10H16F5NO2. The van der Waals surface area contributed by atoms with Gasteiger partial charge in [-0.25, -0.2) is 0 Å². The summed E-state index contributed by atoms with van der Waals surface area (Å²) in [5.41, 5.74) is 0. The molecule has 108 valence electrons. The summed E-state index contributed by atoms with van der Waals surface area (Å²) in [7, 11) is 0. The summed E-state index contributed by atoms with van der Waals surface area (Å²) in [6, 6.07) is 0. The van der Waals surface area contributed by atoms with Crippen LogP contribution in [0.4, 0.5) is 22.0 Å². The summed E-state index contributed by atoms with van der Waals surface area (Å²) < 4.78 is 64.0. The molecule has 18 heavy (non-hydrogen) atoms. The molecule has 8 heteroatoms. The van der Waals surface area contributed by atoms with Crippen molar-refractivity contribution in [3.8, 4) is 0 Å². The lowest BCUT2D eigenvalue weighted by Crippen LogP contribution is -2.41. The van der Waals surface area contributed by atoms with E-state index >= 15 is 0 Å². The Morgan fingerprint density at radius 1 is 1.11 bits per heavy atom. The van der Waals surface area contributed by atoms with Gasteiger partial charge in [0, 0.05) is 6.54 Å². The van der Waals surface area contributed by atoms with Crippen molar-refractivity contribution in [2.75, 3.05) is 26.2 Å². The quantitative estimate of drug-likeness (QED) is 0.529. The zero-order chi connectivity index (χ0) is 14.4. The molecule has 0 aromatic heterocycles. The van der Waals surface area contributed by atoms with Gasteiger partial charge in [-0.1, -0.05) is 13.8 Å². The summed E-state index contributed by atoms with van der Waals surface area (Å²) in [6.45, 7) is 3.29. The number of halogens is 5. The number of ether oxygens (including phenoxy) is 1. The number of carbonyl (C=O) groups is 1. The molecule has 0 rings (SSSR count). The molecule has 0 aromatic rings. The van der Waals surface area contributed by atoms with E-state index < -0.39 is 24.7 Å². The predicted molar refractivity (Wildman–Crippen MR) is 54.4 cm³/mol. The Hall–Kier alpha value is -0.920. The Bertz CT molecular complexity index is 263. The second kappa shape index (κ2) is 6.86. The van der Waals surface area contributed by atoms with Crippen molar-refractivity contribution in [1.29, 1.82) is 0 Å². The molecule has 0 N–H and O–H groups in total. The second-order valence-electron chi connectivity index (χ2n) is 3.64. The molecule has 0 aliphatic rings. The third-order valence-electron chi connectivity index (χ3n) is 2.36. The third kappa shape index (κ3) is 5.61. The van der Waals surface area contributed by atoms with E-state index in [1.807, 2.05) is 18.7 Å².